The number of thiophene rings is 1. The summed E-state index contributed by atoms with van der Waals surface area (Å²) in [6, 6.07) is 11.1. The van der Waals surface area contributed by atoms with Crippen molar-refractivity contribution in [3.63, 3.8) is 0 Å². The number of sulfonamides is 1. The minimum absolute atomic E-state index is 0.372. The Morgan fingerprint density at radius 1 is 1.18 bits per heavy atom. The van der Waals surface area contributed by atoms with Gasteiger partial charge in [-0.2, -0.15) is 4.31 Å². The largest absolute Gasteiger partial charge is 0.482 e. The quantitative estimate of drug-likeness (QED) is 0.280. The van der Waals surface area contributed by atoms with Crippen LogP contribution in [0.25, 0.3) is 10.1 Å². The zero-order valence-corrected chi connectivity index (χ0v) is 22.5. The van der Waals surface area contributed by atoms with E-state index in [0.717, 1.165) is 32.5 Å². The molecule has 34 heavy (non-hydrogen) atoms. The highest BCUT2D eigenvalue weighted by molar-refractivity contribution is 7.99. The van der Waals surface area contributed by atoms with Crippen LogP contribution in [-0.2, 0) is 21.2 Å². The van der Waals surface area contributed by atoms with Crippen molar-refractivity contribution in [2.75, 3.05) is 25.4 Å². The van der Waals surface area contributed by atoms with Crippen LogP contribution in [0.3, 0.4) is 0 Å². The lowest BCUT2D eigenvalue weighted by atomic mass is 10.1. The zero-order valence-electron chi connectivity index (χ0n) is 19.3. The van der Waals surface area contributed by atoms with E-state index in [1.54, 1.807) is 28.2 Å². The van der Waals surface area contributed by atoms with Crippen molar-refractivity contribution in [3.05, 3.63) is 52.5 Å². The van der Waals surface area contributed by atoms with Crippen LogP contribution in [-0.4, -0.2) is 49.2 Å². The molecular weight excluding hydrogens is 514 g/mol. The molecular formula is C24H28ClNO5S3. The first-order valence-corrected chi connectivity index (χ1v) is 14.6. The second-order valence-corrected chi connectivity index (χ2v) is 12.5. The number of carbonyl (C=O) groups is 1. The minimum Gasteiger partial charge on any atom is -0.482 e. The van der Waals surface area contributed by atoms with E-state index in [9.17, 15) is 13.2 Å². The first-order valence-electron chi connectivity index (χ1n) is 11.0. The Kier molecular flexibility index (Phi) is 9.28. The Bertz CT molecular complexity index is 1270. The number of benzene rings is 2. The summed E-state index contributed by atoms with van der Waals surface area (Å²) < 4.78 is 35.3. The fraction of sp³-hybridized carbons (Fsp3) is 0.375. The Labute approximate surface area is 213 Å². The summed E-state index contributed by atoms with van der Waals surface area (Å²) in [5.41, 5.74) is 1.66. The summed E-state index contributed by atoms with van der Waals surface area (Å²) in [7, 11) is -3.64. The molecule has 0 aliphatic carbocycles. The molecule has 6 nitrogen and oxygen atoms in total. The normalized spacial score (nSPS) is 11.9. The van der Waals surface area contributed by atoms with Crippen LogP contribution in [0.1, 0.15) is 31.4 Å². The van der Waals surface area contributed by atoms with Gasteiger partial charge in [0.2, 0.25) is 0 Å². The van der Waals surface area contributed by atoms with Crippen LogP contribution in [0, 0.1) is 6.92 Å². The van der Waals surface area contributed by atoms with Gasteiger partial charge in [0.05, 0.1) is 0 Å². The number of aliphatic carboxylic acids is 1. The van der Waals surface area contributed by atoms with E-state index in [4.69, 9.17) is 21.4 Å². The molecule has 0 aliphatic heterocycles. The van der Waals surface area contributed by atoms with Gasteiger partial charge >= 0.3 is 5.97 Å². The highest BCUT2D eigenvalue weighted by Gasteiger charge is 2.28. The maximum absolute atomic E-state index is 13.5. The van der Waals surface area contributed by atoms with Gasteiger partial charge in [-0.3, -0.25) is 0 Å². The van der Waals surface area contributed by atoms with E-state index in [1.807, 2.05) is 45.0 Å². The number of carboxylic acids is 1. The first kappa shape index (κ1) is 26.8. The average molecular weight is 542 g/mol. The average Bonchev–Trinajstić information content (AvgIpc) is 3.13. The van der Waals surface area contributed by atoms with Crippen LogP contribution >= 0.6 is 34.7 Å². The van der Waals surface area contributed by atoms with E-state index in [-0.39, 0.29) is 6.61 Å². The van der Waals surface area contributed by atoms with Gasteiger partial charge in [-0.15, -0.1) is 23.1 Å². The van der Waals surface area contributed by atoms with Gasteiger partial charge in [0, 0.05) is 33.5 Å². The highest BCUT2D eigenvalue weighted by Crippen LogP contribution is 2.37. The predicted molar refractivity (Wildman–Crippen MR) is 140 cm³/mol. The highest BCUT2D eigenvalue weighted by atomic mass is 35.5. The molecule has 184 valence electrons. The number of aryl methyl sites for hydroxylation is 2. The molecule has 3 rings (SSSR count). The maximum Gasteiger partial charge on any atom is 0.341 e. The molecule has 2 aromatic carbocycles. The molecule has 10 heteroatoms. The van der Waals surface area contributed by atoms with Crippen molar-refractivity contribution in [2.45, 2.75) is 42.7 Å². The van der Waals surface area contributed by atoms with Crippen molar-refractivity contribution < 1.29 is 23.1 Å². The topological polar surface area (TPSA) is 83.9 Å². The van der Waals surface area contributed by atoms with Crippen molar-refractivity contribution in [3.8, 4) is 5.75 Å². The van der Waals surface area contributed by atoms with Gasteiger partial charge in [0.25, 0.3) is 10.0 Å². The molecule has 0 atom stereocenters. The Morgan fingerprint density at radius 2 is 1.94 bits per heavy atom. The third-order valence-corrected chi connectivity index (χ3v) is 10.3. The molecule has 1 N–H and O–H groups in total. The number of ether oxygens (including phenoxy) is 1. The molecule has 0 unspecified atom stereocenters. The molecule has 0 spiro atoms. The lowest BCUT2D eigenvalue weighted by Gasteiger charge is -2.21. The molecule has 1 aromatic heterocycles. The standard InChI is InChI=1S/C24H28ClNO5S3/c1-4-10-26(34(29,30)24-16(3)20-14-18(25)6-9-22(20)33-24)11-12-32-19-7-8-21(17(5-2)13-19)31-15-23(27)28/h6-9,13-14H,4-5,10-12,15H2,1-3H3,(H,27,28). The van der Waals surface area contributed by atoms with Gasteiger partial charge in [-0.25, -0.2) is 13.2 Å². The Morgan fingerprint density at radius 3 is 2.62 bits per heavy atom. The van der Waals surface area contributed by atoms with Crippen LogP contribution in [0.5, 0.6) is 5.75 Å². The monoisotopic (exact) mass is 541 g/mol. The van der Waals surface area contributed by atoms with E-state index in [2.05, 4.69) is 0 Å². The lowest BCUT2D eigenvalue weighted by Crippen LogP contribution is -2.33. The van der Waals surface area contributed by atoms with Crippen molar-refractivity contribution >= 4 is 60.8 Å². The number of halogens is 1. The minimum atomic E-state index is -3.64. The SMILES string of the molecule is CCCN(CCSc1ccc(OCC(=O)O)c(CC)c1)S(=O)(=O)c1sc2ccc(Cl)cc2c1C. The molecule has 0 radical (unpaired) electrons. The fourth-order valence-electron chi connectivity index (χ4n) is 3.60. The third-order valence-electron chi connectivity index (χ3n) is 5.28. The number of carboxylic acid groups (broad SMARTS) is 1. The first-order chi connectivity index (χ1) is 16.2. The van der Waals surface area contributed by atoms with Gasteiger partial charge in [0.15, 0.2) is 6.61 Å². The van der Waals surface area contributed by atoms with Crippen LogP contribution in [0.2, 0.25) is 5.02 Å². The van der Waals surface area contributed by atoms with Crippen molar-refractivity contribution in [1.29, 1.82) is 0 Å². The maximum atomic E-state index is 13.5. The Balaban J connectivity index is 1.74. The van der Waals surface area contributed by atoms with E-state index < -0.39 is 16.0 Å². The van der Waals surface area contributed by atoms with Crippen LogP contribution in [0.4, 0.5) is 0 Å². The number of rotatable bonds is 12. The van der Waals surface area contributed by atoms with Crippen molar-refractivity contribution in [1.82, 2.24) is 4.31 Å². The van der Waals surface area contributed by atoms with E-state index in [1.165, 1.54) is 11.3 Å². The summed E-state index contributed by atoms with van der Waals surface area (Å²) in [6.45, 7) is 6.23. The van der Waals surface area contributed by atoms with Crippen LogP contribution in [0.15, 0.2) is 45.5 Å². The predicted octanol–water partition coefficient (Wildman–Crippen LogP) is 6.08. The number of thioether (sulfide) groups is 1. The smallest absolute Gasteiger partial charge is 0.341 e. The molecule has 0 saturated carbocycles. The molecule has 0 fully saturated rings. The van der Waals surface area contributed by atoms with Gasteiger partial charge < -0.3 is 9.84 Å². The summed E-state index contributed by atoms with van der Waals surface area (Å²) >= 11 is 8.98. The van der Waals surface area contributed by atoms with Crippen LogP contribution < -0.4 is 4.74 Å². The molecule has 0 amide bonds. The lowest BCUT2D eigenvalue weighted by molar-refractivity contribution is -0.139. The van der Waals surface area contributed by atoms with Gasteiger partial charge in [-0.1, -0.05) is 25.4 Å². The van der Waals surface area contributed by atoms with E-state index >= 15 is 0 Å². The van der Waals surface area contributed by atoms with Gasteiger partial charge in [-0.05, 0) is 72.7 Å². The molecule has 3 aromatic rings. The number of hydrogen-bond donors (Lipinski definition) is 1. The summed E-state index contributed by atoms with van der Waals surface area (Å²) in [5, 5.41) is 10.3. The molecule has 0 bridgehead atoms. The third kappa shape index (κ3) is 6.26. The number of fused-ring (bicyclic) bond motifs is 1. The summed E-state index contributed by atoms with van der Waals surface area (Å²) in [4.78, 5) is 11.8. The molecule has 0 aliphatic rings. The Hall–Kier alpha value is -1.78. The van der Waals surface area contributed by atoms with Gasteiger partial charge in [0.1, 0.15) is 9.96 Å². The molecule has 0 saturated heterocycles. The summed E-state index contributed by atoms with van der Waals surface area (Å²) in [6.07, 6.45) is 1.42. The number of nitrogens with zero attached hydrogens (tertiary/aromatic N) is 1. The fourth-order valence-corrected chi connectivity index (χ4v) is 8.24. The second kappa shape index (κ2) is 11.8. The second-order valence-electron chi connectivity index (χ2n) is 7.71. The number of hydrogen-bond acceptors (Lipinski definition) is 6. The summed E-state index contributed by atoms with van der Waals surface area (Å²) in [5.74, 6) is 0.132. The molecule has 1 heterocycles. The van der Waals surface area contributed by atoms with Crippen molar-refractivity contribution in [2.24, 2.45) is 0 Å². The van der Waals surface area contributed by atoms with E-state index in [0.29, 0.717) is 40.2 Å². The zero-order chi connectivity index (χ0) is 24.9.